The first-order valence-corrected chi connectivity index (χ1v) is 12.1. The van der Waals surface area contributed by atoms with Gasteiger partial charge in [-0.05, 0) is 57.7 Å². The predicted molar refractivity (Wildman–Crippen MR) is 124 cm³/mol. The molecule has 2 aromatic rings. The molecule has 4 heterocycles. The van der Waals surface area contributed by atoms with Gasteiger partial charge in [0.05, 0.1) is 5.69 Å². The number of carbonyl (C=O) groups excluding carboxylic acids is 1. The van der Waals surface area contributed by atoms with Crippen LogP contribution in [-0.4, -0.2) is 56.8 Å². The number of rotatable bonds is 7. The highest BCUT2D eigenvalue weighted by Gasteiger charge is 2.24. The molecule has 1 amide bonds. The van der Waals surface area contributed by atoms with E-state index >= 15 is 0 Å². The van der Waals surface area contributed by atoms with E-state index in [9.17, 15) is 4.79 Å². The smallest absolute Gasteiger partial charge is 0.245 e. The average molecular weight is 441 g/mol. The summed E-state index contributed by atoms with van der Waals surface area (Å²) in [5.74, 6) is 2.05. The van der Waals surface area contributed by atoms with Crippen molar-refractivity contribution in [3.63, 3.8) is 0 Å². The molecule has 2 aliphatic rings. The van der Waals surface area contributed by atoms with E-state index in [0.29, 0.717) is 5.92 Å². The summed E-state index contributed by atoms with van der Waals surface area (Å²) in [6, 6.07) is 2.06. The van der Waals surface area contributed by atoms with Crippen LogP contribution in [0.3, 0.4) is 0 Å². The molecule has 2 aromatic heterocycles. The van der Waals surface area contributed by atoms with E-state index in [1.165, 1.54) is 30.2 Å². The van der Waals surface area contributed by atoms with E-state index in [2.05, 4.69) is 34.8 Å². The number of amides is 1. The van der Waals surface area contributed by atoms with Crippen molar-refractivity contribution in [3.8, 4) is 0 Å². The maximum Gasteiger partial charge on any atom is 0.245 e. The van der Waals surface area contributed by atoms with E-state index in [1.807, 2.05) is 11.1 Å². The number of aromatic nitrogens is 3. The Hall–Kier alpha value is -2.32. The average Bonchev–Trinajstić information content (AvgIpc) is 3.18. The number of nitrogens with one attached hydrogen (secondary N) is 1. The second kappa shape index (κ2) is 10.3. The highest BCUT2D eigenvalue weighted by Crippen LogP contribution is 2.24. The zero-order chi connectivity index (χ0) is 21.6. The lowest BCUT2D eigenvalue weighted by Crippen LogP contribution is -2.39. The first-order valence-electron chi connectivity index (χ1n) is 11.3. The number of hydrogen-bond donors (Lipinski definition) is 1. The van der Waals surface area contributed by atoms with Crippen molar-refractivity contribution in [2.75, 3.05) is 31.5 Å². The highest BCUT2D eigenvalue weighted by atomic mass is 32.1. The van der Waals surface area contributed by atoms with Gasteiger partial charge < -0.3 is 10.2 Å². The lowest BCUT2D eigenvalue weighted by molar-refractivity contribution is -0.127. The van der Waals surface area contributed by atoms with Crippen LogP contribution in [0.4, 0.5) is 10.9 Å². The summed E-state index contributed by atoms with van der Waals surface area (Å²) >= 11 is 1.63. The molecular formula is C23H32N6OS. The summed E-state index contributed by atoms with van der Waals surface area (Å²) in [5.41, 5.74) is 1.05. The van der Waals surface area contributed by atoms with Crippen molar-refractivity contribution in [3.05, 3.63) is 41.3 Å². The van der Waals surface area contributed by atoms with Crippen molar-refractivity contribution in [1.82, 2.24) is 24.8 Å². The Morgan fingerprint density at radius 1 is 1.26 bits per heavy atom. The van der Waals surface area contributed by atoms with Gasteiger partial charge in [-0.2, -0.15) is 0 Å². The molecule has 2 aliphatic heterocycles. The Morgan fingerprint density at radius 2 is 2.10 bits per heavy atom. The normalized spacial score (nSPS) is 19.9. The Labute approximate surface area is 188 Å². The van der Waals surface area contributed by atoms with E-state index < -0.39 is 0 Å². The Balaban J connectivity index is 1.51. The molecule has 0 radical (unpaired) electrons. The van der Waals surface area contributed by atoms with Gasteiger partial charge in [-0.15, -0.1) is 11.3 Å². The fourth-order valence-corrected chi connectivity index (χ4v) is 5.15. The van der Waals surface area contributed by atoms with Crippen molar-refractivity contribution in [1.29, 1.82) is 0 Å². The fraction of sp³-hybridized carbons (Fsp3) is 0.565. The van der Waals surface area contributed by atoms with E-state index in [4.69, 9.17) is 9.97 Å². The number of anilines is 2. The Bertz CT molecular complexity index is 907. The fourth-order valence-electron chi connectivity index (χ4n) is 4.48. The maximum absolute atomic E-state index is 12.1. The lowest BCUT2D eigenvalue weighted by atomic mass is 9.94. The number of carbonyl (C=O) groups is 1. The van der Waals surface area contributed by atoms with Gasteiger partial charge in [-0.3, -0.25) is 9.69 Å². The summed E-state index contributed by atoms with van der Waals surface area (Å²) < 4.78 is 0. The second-order valence-corrected chi connectivity index (χ2v) is 9.83. The molecule has 4 rings (SSSR count). The van der Waals surface area contributed by atoms with Gasteiger partial charge >= 0.3 is 0 Å². The second-order valence-electron chi connectivity index (χ2n) is 8.60. The van der Waals surface area contributed by atoms with Crippen LogP contribution in [0.2, 0.25) is 0 Å². The van der Waals surface area contributed by atoms with Gasteiger partial charge in [0.1, 0.15) is 11.6 Å². The summed E-state index contributed by atoms with van der Waals surface area (Å²) in [7, 11) is 0. The third kappa shape index (κ3) is 6.11. The minimum absolute atomic E-state index is 0.0194. The molecule has 31 heavy (non-hydrogen) atoms. The van der Waals surface area contributed by atoms with Gasteiger partial charge in [0.25, 0.3) is 0 Å². The number of piperidine rings is 2. The molecule has 0 spiro atoms. The molecule has 2 fully saturated rings. The third-order valence-electron chi connectivity index (χ3n) is 5.99. The molecule has 0 unspecified atom stereocenters. The molecule has 2 saturated heterocycles. The first kappa shape index (κ1) is 21.9. The van der Waals surface area contributed by atoms with Gasteiger partial charge in [0.2, 0.25) is 5.91 Å². The topological polar surface area (TPSA) is 74.2 Å². The SMILES string of the molecule is C=CC(=O)N1CCC[C@H](Cc2nc(CN3CCCCC3)cc(Nc3ncc(C)s3)n2)C1. The molecular weight excluding hydrogens is 408 g/mol. The number of hydrogen-bond acceptors (Lipinski definition) is 7. The van der Waals surface area contributed by atoms with Crippen LogP contribution in [0.1, 0.15) is 48.5 Å². The standard InChI is InChI=1S/C23H32N6OS/c1-3-22(30)29-11-7-8-18(15-29)12-20-25-19(16-28-9-5-4-6-10-28)13-21(26-20)27-23-24-14-17(2)31-23/h3,13-14,18H,1,4-12,15-16H2,2H3,(H,24,25,26,27)/t18-/m1/s1. The first-order chi connectivity index (χ1) is 15.1. The van der Waals surface area contributed by atoms with Crippen LogP contribution < -0.4 is 5.32 Å². The van der Waals surface area contributed by atoms with Crippen molar-refractivity contribution in [2.45, 2.75) is 52.0 Å². The molecule has 7 nitrogen and oxygen atoms in total. The molecule has 8 heteroatoms. The van der Waals surface area contributed by atoms with Crippen LogP contribution >= 0.6 is 11.3 Å². The minimum atomic E-state index is 0.0194. The van der Waals surface area contributed by atoms with Crippen molar-refractivity contribution in [2.24, 2.45) is 5.92 Å². The van der Waals surface area contributed by atoms with Crippen molar-refractivity contribution < 1.29 is 4.79 Å². The quantitative estimate of drug-likeness (QED) is 0.658. The summed E-state index contributed by atoms with van der Waals surface area (Å²) in [4.78, 5) is 31.8. The molecule has 0 aliphatic carbocycles. The van der Waals surface area contributed by atoms with E-state index in [1.54, 1.807) is 11.3 Å². The predicted octanol–water partition coefficient (Wildman–Crippen LogP) is 3.94. The van der Waals surface area contributed by atoms with Crippen LogP contribution in [0, 0.1) is 12.8 Å². The van der Waals surface area contributed by atoms with Crippen LogP contribution in [0.25, 0.3) is 0 Å². The monoisotopic (exact) mass is 440 g/mol. The van der Waals surface area contributed by atoms with Gasteiger partial charge in [0, 0.05) is 43.2 Å². The molecule has 0 aromatic carbocycles. The third-order valence-corrected chi connectivity index (χ3v) is 6.82. The Kier molecular flexibility index (Phi) is 7.29. The van der Waals surface area contributed by atoms with Gasteiger partial charge in [0.15, 0.2) is 5.13 Å². The molecule has 0 saturated carbocycles. The number of thiazole rings is 1. The molecule has 1 atom stereocenters. The summed E-state index contributed by atoms with van der Waals surface area (Å²) in [5, 5.41) is 4.23. The largest absolute Gasteiger partial charge is 0.339 e. The number of aryl methyl sites for hydroxylation is 1. The van der Waals surface area contributed by atoms with E-state index in [-0.39, 0.29) is 5.91 Å². The number of nitrogens with zero attached hydrogens (tertiary/aromatic N) is 5. The summed E-state index contributed by atoms with van der Waals surface area (Å²) in [6.45, 7) is 10.4. The van der Waals surface area contributed by atoms with Crippen LogP contribution in [-0.2, 0) is 17.8 Å². The zero-order valence-electron chi connectivity index (χ0n) is 18.3. The van der Waals surface area contributed by atoms with Crippen molar-refractivity contribution >= 4 is 28.2 Å². The number of likely N-dealkylation sites (tertiary alicyclic amines) is 2. The van der Waals surface area contributed by atoms with Crippen LogP contribution in [0.5, 0.6) is 0 Å². The maximum atomic E-state index is 12.1. The highest BCUT2D eigenvalue weighted by molar-refractivity contribution is 7.15. The zero-order valence-corrected chi connectivity index (χ0v) is 19.2. The Morgan fingerprint density at radius 3 is 2.84 bits per heavy atom. The van der Waals surface area contributed by atoms with E-state index in [0.717, 1.165) is 74.5 Å². The molecule has 1 N–H and O–H groups in total. The van der Waals surface area contributed by atoms with Gasteiger partial charge in [-0.1, -0.05) is 13.0 Å². The molecule has 166 valence electrons. The van der Waals surface area contributed by atoms with Crippen LogP contribution in [0.15, 0.2) is 24.9 Å². The lowest BCUT2D eigenvalue weighted by Gasteiger charge is -2.32. The minimum Gasteiger partial charge on any atom is -0.339 e. The van der Waals surface area contributed by atoms with Gasteiger partial charge in [-0.25, -0.2) is 15.0 Å². The summed E-state index contributed by atoms with van der Waals surface area (Å²) in [6.07, 6.45) is 10.0. The molecule has 0 bridgehead atoms.